The molecule has 3 rings (SSSR count). The highest BCUT2D eigenvalue weighted by Crippen LogP contribution is 2.54. The first-order chi connectivity index (χ1) is 10.3. The number of hydrogen-bond acceptors (Lipinski definition) is 6. The fraction of sp³-hybridized carbons (Fsp3) is 0.562. The van der Waals surface area contributed by atoms with E-state index in [1.54, 1.807) is 6.92 Å². The number of phenols is 2. The Morgan fingerprint density at radius 1 is 1.23 bits per heavy atom. The molecule has 1 aromatic carbocycles. The summed E-state index contributed by atoms with van der Waals surface area (Å²) in [6.45, 7) is 5.48. The average molecular weight is 308 g/mol. The summed E-state index contributed by atoms with van der Waals surface area (Å²) >= 11 is 0. The topological polar surface area (TPSA) is 85.2 Å². The second-order valence-corrected chi connectivity index (χ2v) is 6.39. The van der Waals surface area contributed by atoms with Crippen LogP contribution < -0.4 is 4.74 Å². The number of esters is 1. The van der Waals surface area contributed by atoms with Crippen molar-refractivity contribution in [1.29, 1.82) is 0 Å². The van der Waals surface area contributed by atoms with Crippen LogP contribution in [-0.2, 0) is 20.7 Å². The maximum absolute atomic E-state index is 12.1. The van der Waals surface area contributed by atoms with Crippen LogP contribution in [-0.4, -0.2) is 28.9 Å². The third-order valence-corrected chi connectivity index (χ3v) is 4.35. The molecule has 2 N–H and O–H groups in total. The Morgan fingerprint density at radius 2 is 1.91 bits per heavy atom. The number of fused-ring (bicyclic) bond motifs is 3. The van der Waals surface area contributed by atoms with E-state index in [2.05, 4.69) is 0 Å². The fourth-order valence-electron chi connectivity index (χ4n) is 3.24. The molecule has 2 heterocycles. The minimum atomic E-state index is -0.920. The van der Waals surface area contributed by atoms with Gasteiger partial charge in [0.2, 0.25) is 5.75 Å². The molecule has 1 aromatic rings. The molecule has 0 saturated carbocycles. The van der Waals surface area contributed by atoms with Crippen molar-refractivity contribution in [3.8, 4) is 17.2 Å². The highest BCUT2D eigenvalue weighted by Gasteiger charge is 2.43. The van der Waals surface area contributed by atoms with Gasteiger partial charge in [0, 0.05) is 23.8 Å². The molecule has 0 bridgehead atoms. The largest absolute Gasteiger partial charge is 0.504 e. The maximum atomic E-state index is 12.1. The lowest BCUT2D eigenvalue weighted by atomic mass is 9.84. The molecule has 2 aliphatic heterocycles. The monoisotopic (exact) mass is 308 g/mol. The van der Waals surface area contributed by atoms with Gasteiger partial charge in [-0.15, -0.1) is 0 Å². The van der Waals surface area contributed by atoms with E-state index in [1.807, 2.05) is 13.8 Å². The maximum Gasteiger partial charge on any atom is 0.340 e. The number of hydrogen-bond donors (Lipinski definition) is 2. The van der Waals surface area contributed by atoms with Gasteiger partial charge in [0.05, 0.1) is 0 Å². The van der Waals surface area contributed by atoms with Gasteiger partial charge < -0.3 is 24.4 Å². The minimum absolute atomic E-state index is 0.233. The number of aromatic hydroxyl groups is 2. The van der Waals surface area contributed by atoms with Gasteiger partial charge in [-0.2, -0.15) is 0 Å². The van der Waals surface area contributed by atoms with Crippen LogP contribution in [0.5, 0.6) is 17.2 Å². The Kier molecular flexibility index (Phi) is 3.25. The molecule has 0 unspecified atom stereocenters. The molecule has 0 aliphatic carbocycles. The molecule has 2 aliphatic rings. The quantitative estimate of drug-likeness (QED) is 0.612. The van der Waals surface area contributed by atoms with Gasteiger partial charge >= 0.3 is 5.97 Å². The van der Waals surface area contributed by atoms with Crippen LogP contribution in [0.15, 0.2) is 0 Å². The summed E-state index contributed by atoms with van der Waals surface area (Å²) in [5, 5.41) is 20.7. The fourth-order valence-corrected chi connectivity index (χ4v) is 3.24. The predicted octanol–water partition coefficient (Wildman–Crippen LogP) is 2.51. The first-order valence-electron chi connectivity index (χ1n) is 7.29. The second kappa shape index (κ2) is 4.78. The number of cyclic esters (lactones) is 1. The molecule has 0 saturated heterocycles. The smallest absolute Gasteiger partial charge is 0.340 e. The zero-order valence-corrected chi connectivity index (χ0v) is 13.1. The molecule has 0 fully saturated rings. The zero-order valence-electron chi connectivity index (χ0n) is 13.1. The Bertz CT molecular complexity index is 649. The van der Waals surface area contributed by atoms with Crippen LogP contribution in [0, 0.1) is 0 Å². The number of rotatable bonds is 1. The van der Waals surface area contributed by atoms with Crippen molar-refractivity contribution in [2.45, 2.75) is 51.4 Å². The van der Waals surface area contributed by atoms with E-state index in [1.165, 1.54) is 7.11 Å². The number of carbonyl (C=O) groups is 1. The molecule has 0 radical (unpaired) electrons. The zero-order chi connectivity index (χ0) is 16.2. The third kappa shape index (κ3) is 2.01. The highest BCUT2D eigenvalue weighted by atomic mass is 16.6. The molecule has 6 heteroatoms. The van der Waals surface area contributed by atoms with Gasteiger partial charge in [-0.1, -0.05) is 0 Å². The molecule has 0 amide bonds. The van der Waals surface area contributed by atoms with Crippen LogP contribution in [0.2, 0.25) is 0 Å². The van der Waals surface area contributed by atoms with Crippen molar-refractivity contribution in [3.63, 3.8) is 0 Å². The lowest BCUT2D eigenvalue weighted by molar-refractivity contribution is -0.164. The summed E-state index contributed by atoms with van der Waals surface area (Å²) in [4.78, 5) is 12.1. The summed E-state index contributed by atoms with van der Waals surface area (Å²) < 4.78 is 16.3. The lowest BCUT2D eigenvalue weighted by Crippen LogP contribution is -2.35. The van der Waals surface area contributed by atoms with Gasteiger partial charge in [0.25, 0.3) is 0 Å². The van der Waals surface area contributed by atoms with E-state index in [0.717, 1.165) is 6.42 Å². The van der Waals surface area contributed by atoms with Gasteiger partial charge in [0.1, 0.15) is 11.7 Å². The van der Waals surface area contributed by atoms with Crippen LogP contribution in [0.3, 0.4) is 0 Å². The van der Waals surface area contributed by atoms with E-state index < -0.39 is 23.8 Å². The Balaban J connectivity index is 2.30. The number of ether oxygens (including phenoxy) is 3. The number of benzene rings is 1. The van der Waals surface area contributed by atoms with Gasteiger partial charge in [0.15, 0.2) is 17.6 Å². The molecular formula is C16H20O6. The second-order valence-electron chi connectivity index (χ2n) is 6.39. The highest BCUT2D eigenvalue weighted by molar-refractivity contribution is 5.82. The molecule has 22 heavy (non-hydrogen) atoms. The Hall–Kier alpha value is -1.95. The van der Waals surface area contributed by atoms with Crippen LogP contribution >= 0.6 is 0 Å². The van der Waals surface area contributed by atoms with E-state index >= 15 is 0 Å². The van der Waals surface area contributed by atoms with E-state index in [0.29, 0.717) is 23.1 Å². The van der Waals surface area contributed by atoms with Crippen molar-refractivity contribution < 1.29 is 29.2 Å². The van der Waals surface area contributed by atoms with Crippen LogP contribution in [0.4, 0.5) is 0 Å². The molecule has 2 atom stereocenters. The predicted molar refractivity (Wildman–Crippen MR) is 77.1 cm³/mol. The Morgan fingerprint density at radius 3 is 2.55 bits per heavy atom. The molecule has 120 valence electrons. The molecular weight excluding hydrogens is 288 g/mol. The summed E-state index contributed by atoms with van der Waals surface area (Å²) in [6, 6.07) is 0. The van der Waals surface area contributed by atoms with E-state index in [4.69, 9.17) is 14.2 Å². The first-order valence-corrected chi connectivity index (χ1v) is 7.29. The van der Waals surface area contributed by atoms with E-state index in [9.17, 15) is 15.0 Å². The molecule has 6 nitrogen and oxygen atoms in total. The van der Waals surface area contributed by atoms with Crippen molar-refractivity contribution in [1.82, 2.24) is 0 Å². The van der Waals surface area contributed by atoms with Crippen molar-refractivity contribution in [2.75, 3.05) is 7.11 Å². The Labute approximate surface area is 128 Å². The lowest BCUT2D eigenvalue weighted by Gasteiger charge is -2.38. The number of phenolic OH excluding ortho intramolecular Hbond substituents is 2. The summed E-state index contributed by atoms with van der Waals surface area (Å²) in [5.74, 6) is -0.884. The van der Waals surface area contributed by atoms with Gasteiger partial charge in [-0.05, 0) is 33.6 Å². The van der Waals surface area contributed by atoms with Gasteiger partial charge in [-0.3, -0.25) is 0 Å². The van der Waals surface area contributed by atoms with Crippen molar-refractivity contribution in [2.24, 2.45) is 0 Å². The number of carbonyl (C=O) groups excluding carboxylic acids is 1. The molecule has 0 spiro atoms. The summed E-state index contributed by atoms with van der Waals surface area (Å²) in [7, 11) is 1.41. The molecule has 0 aromatic heterocycles. The SMILES string of the molecule is CO[C@@H]1C(=O)O[C@@H](C)c2c(O)c(O)c3c(c21)CCC(C)(C)O3. The minimum Gasteiger partial charge on any atom is -0.504 e. The summed E-state index contributed by atoms with van der Waals surface area (Å²) in [5.41, 5.74) is 1.21. The van der Waals surface area contributed by atoms with Crippen LogP contribution in [0.1, 0.15) is 56.1 Å². The first kappa shape index (κ1) is 15.0. The third-order valence-electron chi connectivity index (χ3n) is 4.35. The van der Waals surface area contributed by atoms with Crippen molar-refractivity contribution in [3.05, 3.63) is 16.7 Å². The standard InChI is InChI=1S/C16H20O6/c1-7-9-10(14(20-4)15(19)21-7)8-5-6-16(2,3)22-13(8)12(18)11(9)17/h7,14,17-18H,5-6H2,1-4H3/t7-,14-/m0/s1. The number of methoxy groups -OCH3 is 1. The summed E-state index contributed by atoms with van der Waals surface area (Å²) in [6.07, 6.45) is -0.217. The van der Waals surface area contributed by atoms with Crippen LogP contribution in [0.25, 0.3) is 0 Å². The van der Waals surface area contributed by atoms with Gasteiger partial charge in [-0.25, -0.2) is 4.79 Å². The average Bonchev–Trinajstić information content (AvgIpc) is 2.43. The van der Waals surface area contributed by atoms with E-state index in [-0.39, 0.29) is 17.2 Å². The normalized spacial score (nSPS) is 25.7. The van der Waals surface area contributed by atoms with Crippen molar-refractivity contribution >= 4 is 5.97 Å².